The quantitative estimate of drug-likeness (QED) is 0.265. The first kappa shape index (κ1) is 26.0. The van der Waals surface area contributed by atoms with Gasteiger partial charge in [0.2, 0.25) is 0 Å². The van der Waals surface area contributed by atoms with E-state index in [4.69, 9.17) is 4.43 Å². The number of rotatable bonds is 7. The van der Waals surface area contributed by atoms with E-state index in [2.05, 4.69) is 61.2 Å². The lowest BCUT2D eigenvalue weighted by Crippen LogP contribution is -2.49. The molecule has 0 amide bonds. The van der Waals surface area contributed by atoms with E-state index < -0.39 is 8.32 Å². The highest BCUT2D eigenvalue weighted by Gasteiger charge is 2.55. The van der Waals surface area contributed by atoms with Gasteiger partial charge in [-0.25, -0.2) is 0 Å². The Morgan fingerprint density at radius 1 is 0.909 bits per heavy atom. The molecule has 8 atom stereocenters. The van der Waals surface area contributed by atoms with Crippen molar-refractivity contribution in [2.75, 3.05) is 0 Å². The molecule has 0 aliphatic heterocycles. The second-order valence-electron chi connectivity index (χ2n) is 14.8. The van der Waals surface area contributed by atoms with Gasteiger partial charge in [0.15, 0.2) is 8.32 Å². The zero-order valence-corrected chi connectivity index (χ0v) is 24.7. The minimum absolute atomic E-state index is 0.508. The van der Waals surface area contributed by atoms with E-state index >= 15 is 0 Å². The van der Waals surface area contributed by atoms with E-state index in [1.165, 1.54) is 70.6 Å². The largest absolute Gasteiger partial charge is 0.415 e. The average molecular weight is 473 g/mol. The number of hydrogen-bond acceptors (Lipinski definition) is 1. The van der Waals surface area contributed by atoms with Crippen LogP contribution in [-0.2, 0) is 4.43 Å². The summed E-state index contributed by atoms with van der Waals surface area (Å²) in [6, 6.07) is 0. The number of hydrogen-bond donors (Lipinski definition) is 0. The van der Waals surface area contributed by atoms with Gasteiger partial charge in [0.1, 0.15) is 0 Å². The molecule has 0 aromatic heterocycles. The molecule has 3 fully saturated rings. The van der Waals surface area contributed by atoms with E-state index in [0.717, 1.165) is 35.5 Å². The summed E-state index contributed by atoms with van der Waals surface area (Å²) in [6.07, 6.45) is 16.1. The van der Waals surface area contributed by atoms with Gasteiger partial charge in [-0.2, -0.15) is 0 Å². The highest BCUT2D eigenvalue weighted by atomic mass is 28.4. The molecule has 4 rings (SSSR count). The van der Waals surface area contributed by atoms with E-state index in [1.54, 1.807) is 0 Å². The fourth-order valence-electron chi connectivity index (χ4n) is 9.07. The third-order valence-corrected chi connectivity index (χ3v) is 12.5. The zero-order valence-electron chi connectivity index (χ0n) is 23.7. The lowest BCUT2D eigenvalue weighted by atomic mass is 9.49. The monoisotopic (exact) mass is 472 g/mol. The maximum absolute atomic E-state index is 6.62. The minimum atomic E-state index is -1.44. The topological polar surface area (TPSA) is 9.23 Å². The Morgan fingerprint density at radius 3 is 2.30 bits per heavy atom. The molecule has 1 nitrogen and oxygen atoms in total. The van der Waals surface area contributed by atoms with Gasteiger partial charge >= 0.3 is 0 Å². The van der Waals surface area contributed by atoms with Crippen LogP contribution in [0.15, 0.2) is 11.1 Å². The van der Waals surface area contributed by atoms with E-state index in [0.29, 0.717) is 16.9 Å². The molecule has 0 spiro atoms. The van der Waals surface area contributed by atoms with Crippen molar-refractivity contribution in [1.82, 2.24) is 0 Å². The molecule has 33 heavy (non-hydrogen) atoms. The Hall–Kier alpha value is -0.0831. The molecular formula is C31H56OSi. The molecule has 4 aliphatic rings. The first-order valence-electron chi connectivity index (χ1n) is 14.8. The normalized spacial score (nSPS) is 40.9. The Kier molecular flexibility index (Phi) is 7.42. The van der Waals surface area contributed by atoms with Gasteiger partial charge in [-0.1, -0.05) is 65.5 Å². The van der Waals surface area contributed by atoms with Crippen LogP contribution in [0, 0.1) is 46.3 Å². The fraction of sp³-hybridized carbons (Fsp3) is 0.935. The van der Waals surface area contributed by atoms with Crippen molar-refractivity contribution < 1.29 is 4.43 Å². The summed E-state index contributed by atoms with van der Waals surface area (Å²) in [4.78, 5) is 0. The zero-order chi connectivity index (χ0) is 24.2. The first-order valence-corrected chi connectivity index (χ1v) is 18.2. The van der Waals surface area contributed by atoms with Crippen LogP contribution >= 0.6 is 0 Å². The number of fused-ring (bicyclic) bond motifs is 4. The van der Waals surface area contributed by atoms with Crippen LogP contribution in [-0.4, -0.2) is 14.4 Å². The van der Waals surface area contributed by atoms with Gasteiger partial charge in [0.05, 0.1) is 0 Å². The maximum Gasteiger partial charge on any atom is 0.184 e. The van der Waals surface area contributed by atoms with Gasteiger partial charge in [-0.05, 0) is 124 Å². The van der Waals surface area contributed by atoms with Gasteiger partial charge in [0.25, 0.3) is 0 Å². The van der Waals surface area contributed by atoms with Gasteiger partial charge in [0, 0.05) is 6.10 Å². The molecule has 0 saturated heterocycles. The summed E-state index contributed by atoms with van der Waals surface area (Å²) >= 11 is 0. The lowest BCUT2D eigenvalue weighted by molar-refractivity contribution is -0.0328. The molecular weight excluding hydrogens is 416 g/mol. The Labute approximate surface area is 208 Å². The van der Waals surface area contributed by atoms with Crippen molar-refractivity contribution in [2.45, 2.75) is 138 Å². The van der Waals surface area contributed by atoms with Crippen LogP contribution < -0.4 is 0 Å². The van der Waals surface area contributed by atoms with Crippen LogP contribution in [0.2, 0.25) is 19.6 Å². The smallest absolute Gasteiger partial charge is 0.184 e. The van der Waals surface area contributed by atoms with Crippen molar-refractivity contribution in [1.29, 1.82) is 0 Å². The van der Waals surface area contributed by atoms with Crippen molar-refractivity contribution >= 4 is 8.32 Å². The number of allylic oxidation sites excluding steroid dienone is 2. The molecule has 0 aromatic rings. The first-order chi connectivity index (χ1) is 15.3. The van der Waals surface area contributed by atoms with Crippen molar-refractivity contribution in [3.63, 3.8) is 0 Å². The molecule has 0 radical (unpaired) electrons. The molecule has 2 heteroatoms. The third-order valence-electron chi connectivity index (χ3n) is 11.4. The standard InChI is InChI=1S/C31H56OSi/c1-21(2)22(3)10-11-23(4)27-14-15-28-26-13-12-24-20-25(32-33(7,8)9)16-18-30(24,5)29(26)17-19-31(27,28)6/h21-25,27,29H,10-20H2,1-9H3/t22-,23+,24?,25?,27+,29-,30-,31+/m0/s1. The molecule has 2 unspecified atom stereocenters. The summed E-state index contributed by atoms with van der Waals surface area (Å²) in [5.74, 6) is 5.26. The van der Waals surface area contributed by atoms with Crippen LogP contribution in [0.4, 0.5) is 0 Å². The van der Waals surface area contributed by atoms with E-state index in [9.17, 15) is 0 Å². The maximum atomic E-state index is 6.62. The summed E-state index contributed by atoms with van der Waals surface area (Å²) in [7, 11) is -1.44. The Balaban J connectivity index is 1.49. The van der Waals surface area contributed by atoms with Crippen LogP contribution in [0.3, 0.4) is 0 Å². The van der Waals surface area contributed by atoms with Crippen LogP contribution in [0.1, 0.15) is 112 Å². The summed E-state index contributed by atoms with van der Waals surface area (Å²) in [5.41, 5.74) is 4.98. The molecule has 3 saturated carbocycles. The Bertz CT molecular complexity index is 732. The lowest BCUT2D eigenvalue weighted by Gasteiger charge is -2.57. The molecule has 4 aliphatic carbocycles. The van der Waals surface area contributed by atoms with Crippen molar-refractivity contribution in [3.8, 4) is 0 Å². The predicted molar refractivity (Wildman–Crippen MR) is 146 cm³/mol. The summed E-state index contributed by atoms with van der Waals surface area (Å²) in [5, 5.41) is 0. The van der Waals surface area contributed by atoms with E-state index in [-0.39, 0.29) is 0 Å². The van der Waals surface area contributed by atoms with Gasteiger partial charge in [-0.15, -0.1) is 0 Å². The fourth-order valence-corrected chi connectivity index (χ4v) is 10.3. The van der Waals surface area contributed by atoms with Crippen molar-refractivity contribution in [2.24, 2.45) is 46.3 Å². The highest BCUT2D eigenvalue weighted by Crippen LogP contribution is 2.66. The molecule has 0 N–H and O–H groups in total. The molecule has 0 heterocycles. The van der Waals surface area contributed by atoms with Crippen molar-refractivity contribution in [3.05, 3.63) is 11.1 Å². The molecule has 0 aromatic carbocycles. The SMILES string of the molecule is CC(C)[C@@H](C)CC[C@@H](C)[C@H]1CCC2=C3CCC4CC(O[Si](C)(C)C)CC[C@]4(C)[C@H]3CC[C@@]21C. The van der Waals surface area contributed by atoms with Crippen LogP contribution in [0.25, 0.3) is 0 Å². The summed E-state index contributed by atoms with van der Waals surface area (Å²) in [6.45, 7) is 22.4. The average Bonchev–Trinajstić information content (AvgIpc) is 3.08. The van der Waals surface area contributed by atoms with Gasteiger partial charge in [-0.3, -0.25) is 0 Å². The molecule has 0 bridgehead atoms. The third kappa shape index (κ3) is 4.96. The van der Waals surface area contributed by atoms with Crippen LogP contribution in [0.5, 0.6) is 0 Å². The van der Waals surface area contributed by atoms with Gasteiger partial charge < -0.3 is 4.43 Å². The highest BCUT2D eigenvalue weighted by molar-refractivity contribution is 6.69. The Morgan fingerprint density at radius 2 is 1.64 bits per heavy atom. The second kappa shape index (κ2) is 9.42. The minimum Gasteiger partial charge on any atom is -0.415 e. The second-order valence-corrected chi connectivity index (χ2v) is 19.3. The van der Waals surface area contributed by atoms with E-state index in [1.807, 2.05) is 11.1 Å². The molecule has 190 valence electrons. The predicted octanol–water partition coefficient (Wildman–Crippen LogP) is 9.64. The summed E-state index contributed by atoms with van der Waals surface area (Å²) < 4.78 is 6.62.